The van der Waals surface area contributed by atoms with Crippen LogP contribution >= 0.6 is 0 Å². The molecule has 1 unspecified atom stereocenters. The van der Waals surface area contributed by atoms with Gasteiger partial charge in [0.1, 0.15) is 0 Å². The van der Waals surface area contributed by atoms with E-state index in [1.807, 2.05) is 24.8 Å². The second-order valence-electron chi connectivity index (χ2n) is 11.1. The van der Waals surface area contributed by atoms with Gasteiger partial charge in [0.05, 0.1) is 17.1 Å². The lowest BCUT2D eigenvalue weighted by atomic mass is 9.88. The van der Waals surface area contributed by atoms with Gasteiger partial charge in [0.15, 0.2) is 0 Å². The van der Waals surface area contributed by atoms with Crippen LogP contribution in [0.25, 0.3) is 50.0 Å². The SMILES string of the molecule is CC1=C(c2ccc(-n3c4c(c5cnccc53)CCC=C4)cc2C)C=CC(n2c3ccccc3c3cnccc32)C1. The highest BCUT2D eigenvalue weighted by molar-refractivity contribution is 6.07. The summed E-state index contributed by atoms with van der Waals surface area (Å²) in [5.74, 6) is 0. The minimum absolute atomic E-state index is 0.270. The van der Waals surface area contributed by atoms with E-state index < -0.39 is 0 Å². The minimum Gasteiger partial charge on any atom is -0.333 e. The summed E-state index contributed by atoms with van der Waals surface area (Å²) in [6, 6.07) is 20.2. The Bertz CT molecular complexity index is 2010. The fraction of sp³-hybridized carbons (Fsp3) is 0.167. The first-order valence-electron chi connectivity index (χ1n) is 14.1. The van der Waals surface area contributed by atoms with E-state index in [1.54, 1.807) is 0 Å². The maximum absolute atomic E-state index is 4.43. The lowest BCUT2D eigenvalue weighted by molar-refractivity contribution is 0.631. The number of aromatic nitrogens is 4. The summed E-state index contributed by atoms with van der Waals surface area (Å²) >= 11 is 0. The Kier molecular flexibility index (Phi) is 5.18. The largest absolute Gasteiger partial charge is 0.333 e. The highest BCUT2D eigenvalue weighted by Gasteiger charge is 2.22. The highest BCUT2D eigenvalue weighted by atomic mass is 15.0. The quantitative estimate of drug-likeness (QED) is 0.235. The third-order valence-electron chi connectivity index (χ3n) is 8.81. The number of hydrogen-bond acceptors (Lipinski definition) is 2. The van der Waals surface area contributed by atoms with E-state index in [0.29, 0.717) is 0 Å². The van der Waals surface area contributed by atoms with Gasteiger partial charge in [-0.2, -0.15) is 0 Å². The van der Waals surface area contributed by atoms with E-state index in [9.17, 15) is 0 Å². The molecule has 0 fully saturated rings. The smallest absolute Gasteiger partial charge is 0.0568 e. The first kappa shape index (κ1) is 23.2. The van der Waals surface area contributed by atoms with Gasteiger partial charge in [-0.25, -0.2) is 0 Å². The molecule has 0 saturated heterocycles. The van der Waals surface area contributed by atoms with Crippen LogP contribution in [0.3, 0.4) is 0 Å². The third-order valence-corrected chi connectivity index (χ3v) is 8.81. The molecule has 0 amide bonds. The van der Waals surface area contributed by atoms with Gasteiger partial charge in [-0.15, -0.1) is 0 Å². The Balaban J connectivity index is 1.18. The van der Waals surface area contributed by atoms with Crippen molar-refractivity contribution in [3.05, 3.63) is 126 Å². The highest BCUT2D eigenvalue weighted by Crippen LogP contribution is 2.40. The predicted octanol–water partition coefficient (Wildman–Crippen LogP) is 8.77. The van der Waals surface area contributed by atoms with Crippen molar-refractivity contribution in [2.45, 2.75) is 39.2 Å². The van der Waals surface area contributed by atoms with Crippen LogP contribution in [0.5, 0.6) is 0 Å². The van der Waals surface area contributed by atoms with E-state index in [1.165, 1.54) is 71.9 Å². The Morgan fingerprint density at radius 1 is 0.800 bits per heavy atom. The Morgan fingerprint density at radius 2 is 1.60 bits per heavy atom. The molecular weight excluding hydrogens is 488 g/mol. The van der Waals surface area contributed by atoms with Crippen molar-refractivity contribution in [3.63, 3.8) is 0 Å². The molecule has 1 atom stereocenters. The zero-order chi connectivity index (χ0) is 26.8. The van der Waals surface area contributed by atoms with E-state index in [4.69, 9.17) is 0 Å². The number of para-hydroxylation sites is 1. The molecule has 0 radical (unpaired) electrons. The van der Waals surface area contributed by atoms with Crippen LogP contribution in [0, 0.1) is 6.92 Å². The van der Waals surface area contributed by atoms with E-state index in [0.717, 1.165) is 19.3 Å². The van der Waals surface area contributed by atoms with Crippen molar-refractivity contribution in [3.8, 4) is 5.69 Å². The summed E-state index contributed by atoms with van der Waals surface area (Å²) < 4.78 is 4.89. The van der Waals surface area contributed by atoms with Crippen LogP contribution in [-0.4, -0.2) is 19.1 Å². The molecule has 4 heterocycles. The normalized spacial score (nSPS) is 16.9. The van der Waals surface area contributed by atoms with Crippen LogP contribution in [-0.2, 0) is 6.42 Å². The summed E-state index contributed by atoms with van der Waals surface area (Å²) in [6.45, 7) is 4.54. The Morgan fingerprint density at radius 3 is 2.45 bits per heavy atom. The average molecular weight is 519 g/mol. The van der Waals surface area contributed by atoms with Crippen molar-refractivity contribution >= 4 is 44.4 Å². The van der Waals surface area contributed by atoms with Crippen molar-refractivity contribution in [2.75, 3.05) is 0 Å². The summed E-state index contributed by atoms with van der Waals surface area (Å²) in [5.41, 5.74) is 13.0. The molecule has 4 aromatic heterocycles. The molecule has 6 aromatic rings. The molecular formula is C36H30N4. The van der Waals surface area contributed by atoms with Crippen molar-refractivity contribution < 1.29 is 0 Å². The third kappa shape index (κ3) is 3.39. The summed E-state index contributed by atoms with van der Waals surface area (Å²) in [5, 5.41) is 3.75. The standard InChI is InChI=1S/C36H30N4/c1-23-19-25(39-33-9-5-3-7-29(33)31-21-37-17-15-35(31)39)11-13-27(23)28-14-12-26(20-24(28)2)40-34-10-6-4-8-30(34)32-22-38-18-16-36(32)40/h3,5-7,9-18,20-22,25H,4,8,19H2,1-2H3. The number of rotatable bonds is 3. The molecule has 8 rings (SSSR count). The topological polar surface area (TPSA) is 35.6 Å². The summed E-state index contributed by atoms with van der Waals surface area (Å²) in [7, 11) is 0. The first-order chi connectivity index (χ1) is 19.7. The van der Waals surface area contributed by atoms with Gasteiger partial charge in [-0.3, -0.25) is 9.97 Å². The summed E-state index contributed by atoms with van der Waals surface area (Å²) in [4.78, 5) is 8.85. The lowest BCUT2D eigenvalue weighted by Crippen LogP contribution is -2.11. The van der Waals surface area contributed by atoms with Crippen LogP contribution in [0.4, 0.5) is 0 Å². The number of fused-ring (bicyclic) bond motifs is 6. The van der Waals surface area contributed by atoms with Crippen LogP contribution in [0.2, 0.25) is 0 Å². The number of nitrogens with zero attached hydrogens (tertiary/aromatic N) is 4. The van der Waals surface area contributed by atoms with Gasteiger partial charge < -0.3 is 9.13 Å². The van der Waals surface area contributed by atoms with Crippen LogP contribution in [0.1, 0.15) is 48.2 Å². The first-order valence-corrected chi connectivity index (χ1v) is 14.1. The van der Waals surface area contributed by atoms with Gasteiger partial charge in [0.25, 0.3) is 0 Å². The van der Waals surface area contributed by atoms with E-state index >= 15 is 0 Å². The molecule has 4 nitrogen and oxygen atoms in total. The number of allylic oxidation sites excluding steroid dienone is 5. The van der Waals surface area contributed by atoms with Gasteiger partial charge >= 0.3 is 0 Å². The van der Waals surface area contributed by atoms with Gasteiger partial charge in [-0.1, -0.05) is 48.1 Å². The maximum atomic E-state index is 4.43. The molecule has 0 spiro atoms. The second-order valence-corrected chi connectivity index (χ2v) is 11.1. The van der Waals surface area contributed by atoms with E-state index in [2.05, 4.69) is 112 Å². The van der Waals surface area contributed by atoms with Gasteiger partial charge in [0.2, 0.25) is 0 Å². The molecule has 4 heteroatoms. The van der Waals surface area contributed by atoms with Crippen LogP contribution in [0.15, 0.2) is 103 Å². The minimum atomic E-state index is 0.270. The molecule has 0 aliphatic heterocycles. The van der Waals surface area contributed by atoms with Crippen molar-refractivity contribution in [1.29, 1.82) is 0 Å². The number of aryl methyl sites for hydroxylation is 2. The molecule has 2 aliphatic rings. The molecule has 194 valence electrons. The molecule has 0 bridgehead atoms. The number of benzene rings is 2. The predicted molar refractivity (Wildman–Crippen MR) is 166 cm³/mol. The fourth-order valence-corrected chi connectivity index (χ4v) is 6.99. The van der Waals surface area contributed by atoms with Gasteiger partial charge in [0, 0.05) is 57.8 Å². The summed E-state index contributed by atoms with van der Waals surface area (Å²) in [6.07, 6.45) is 20.3. The zero-order valence-electron chi connectivity index (χ0n) is 22.8. The van der Waals surface area contributed by atoms with Crippen molar-refractivity contribution in [1.82, 2.24) is 19.1 Å². The Hall–Kier alpha value is -4.70. The second kappa shape index (κ2) is 8.92. The van der Waals surface area contributed by atoms with Gasteiger partial charge in [-0.05, 0) is 91.8 Å². The molecule has 0 N–H and O–H groups in total. The molecule has 40 heavy (non-hydrogen) atoms. The molecule has 2 aliphatic carbocycles. The Labute approximate surface area is 233 Å². The van der Waals surface area contributed by atoms with Crippen molar-refractivity contribution in [2.24, 2.45) is 0 Å². The fourth-order valence-electron chi connectivity index (χ4n) is 6.99. The lowest BCUT2D eigenvalue weighted by Gasteiger charge is -2.25. The molecule has 0 saturated carbocycles. The maximum Gasteiger partial charge on any atom is 0.0568 e. The monoisotopic (exact) mass is 518 g/mol. The number of hydrogen-bond donors (Lipinski definition) is 0. The average Bonchev–Trinajstić information content (AvgIpc) is 3.51. The zero-order valence-corrected chi connectivity index (χ0v) is 22.8. The molecule has 2 aromatic carbocycles. The number of pyridine rings is 2. The van der Waals surface area contributed by atoms with E-state index in [-0.39, 0.29) is 6.04 Å². The van der Waals surface area contributed by atoms with Crippen LogP contribution < -0.4 is 0 Å².